The van der Waals surface area contributed by atoms with Crippen LogP contribution in [-0.4, -0.2) is 37.8 Å². The summed E-state index contributed by atoms with van der Waals surface area (Å²) in [5.74, 6) is -1.86. The molecule has 1 aliphatic rings. The van der Waals surface area contributed by atoms with Crippen molar-refractivity contribution in [2.75, 3.05) is 32.9 Å². The van der Waals surface area contributed by atoms with Gasteiger partial charge in [0.15, 0.2) is 11.6 Å². The molecule has 1 aromatic carbocycles. The summed E-state index contributed by atoms with van der Waals surface area (Å²) in [6, 6.07) is 3.22. The van der Waals surface area contributed by atoms with Gasteiger partial charge in [-0.25, -0.2) is 13.2 Å². The minimum atomic E-state index is -0.936. The molecule has 0 radical (unpaired) electrons. The molecule has 0 aliphatic carbocycles. The second kappa shape index (κ2) is 5.51. The monoisotopic (exact) mass is 244 g/mol. The number of nitrogens with one attached hydrogen (secondary N) is 1. The molecule has 0 unspecified atom stereocenters. The Hall–Kier alpha value is -1.07. The zero-order chi connectivity index (χ0) is 12.3. The molecule has 1 fully saturated rings. The van der Waals surface area contributed by atoms with Crippen LogP contribution >= 0.6 is 0 Å². The molecule has 0 bridgehead atoms. The standard InChI is InChI=1S/C12H15F3N2/c13-8-11(17-6-4-16-5-7-17)9-2-1-3-10(14)12(9)15/h1-3,11,16H,4-8H2/t11-/m1/s1. The highest BCUT2D eigenvalue weighted by atomic mass is 19.2. The first-order chi connectivity index (χ1) is 8.24. The summed E-state index contributed by atoms with van der Waals surface area (Å²) in [7, 11) is 0. The Bertz CT molecular complexity index is 378. The summed E-state index contributed by atoms with van der Waals surface area (Å²) in [5.41, 5.74) is 0.106. The molecule has 1 saturated heterocycles. The summed E-state index contributed by atoms with van der Waals surface area (Å²) >= 11 is 0. The first kappa shape index (κ1) is 12.4. The lowest BCUT2D eigenvalue weighted by Crippen LogP contribution is -2.45. The normalized spacial score (nSPS) is 19.2. The third kappa shape index (κ3) is 2.61. The van der Waals surface area contributed by atoms with Crippen molar-refractivity contribution in [1.29, 1.82) is 0 Å². The number of rotatable bonds is 3. The topological polar surface area (TPSA) is 15.3 Å². The van der Waals surface area contributed by atoms with Gasteiger partial charge in [-0.3, -0.25) is 4.90 Å². The Balaban J connectivity index is 2.24. The summed E-state index contributed by atoms with van der Waals surface area (Å²) in [6.45, 7) is 2.07. The van der Waals surface area contributed by atoms with Gasteiger partial charge >= 0.3 is 0 Å². The summed E-state index contributed by atoms with van der Waals surface area (Å²) in [5, 5.41) is 3.14. The van der Waals surface area contributed by atoms with Crippen molar-refractivity contribution in [2.45, 2.75) is 6.04 Å². The maximum atomic E-state index is 13.6. The van der Waals surface area contributed by atoms with Crippen molar-refractivity contribution in [2.24, 2.45) is 0 Å². The van der Waals surface area contributed by atoms with Crippen molar-refractivity contribution in [3.05, 3.63) is 35.4 Å². The fourth-order valence-electron chi connectivity index (χ4n) is 2.15. The fraction of sp³-hybridized carbons (Fsp3) is 0.500. The van der Waals surface area contributed by atoms with Crippen LogP contribution in [0.25, 0.3) is 0 Å². The number of nitrogens with zero attached hydrogens (tertiary/aromatic N) is 1. The van der Waals surface area contributed by atoms with E-state index in [9.17, 15) is 13.2 Å². The quantitative estimate of drug-likeness (QED) is 0.873. The van der Waals surface area contributed by atoms with Crippen LogP contribution in [0.4, 0.5) is 13.2 Å². The van der Waals surface area contributed by atoms with E-state index < -0.39 is 24.4 Å². The first-order valence-corrected chi connectivity index (χ1v) is 5.68. The Morgan fingerprint density at radius 3 is 2.59 bits per heavy atom. The van der Waals surface area contributed by atoms with Gasteiger partial charge in [0.2, 0.25) is 0 Å². The summed E-state index contributed by atoms with van der Waals surface area (Å²) in [4.78, 5) is 1.84. The maximum Gasteiger partial charge on any atom is 0.163 e. The van der Waals surface area contributed by atoms with Gasteiger partial charge in [0, 0.05) is 31.7 Å². The zero-order valence-corrected chi connectivity index (χ0v) is 9.43. The molecule has 2 nitrogen and oxygen atoms in total. The third-order valence-electron chi connectivity index (χ3n) is 3.08. The Kier molecular flexibility index (Phi) is 4.02. The van der Waals surface area contributed by atoms with Gasteiger partial charge in [-0.15, -0.1) is 0 Å². The minimum Gasteiger partial charge on any atom is -0.314 e. The van der Waals surface area contributed by atoms with Crippen LogP contribution in [0.3, 0.4) is 0 Å². The number of piperazine rings is 1. The molecule has 94 valence electrons. The van der Waals surface area contributed by atoms with Crippen molar-refractivity contribution in [3.63, 3.8) is 0 Å². The number of benzene rings is 1. The molecule has 5 heteroatoms. The Morgan fingerprint density at radius 1 is 1.24 bits per heavy atom. The molecule has 0 spiro atoms. The van der Waals surface area contributed by atoms with E-state index in [0.29, 0.717) is 13.1 Å². The van der Waals surface area contributed by atoms with E-state index >= 15 is 0 Å². The van der Waals surface area contributed by atoms with Crippen LogP contribution in [0.2, 0.25) is 0 Å². The predicted octanol–water partition coefficient (Wildman–Crippen LogP) is 1.88. The van der Waals surface area contributed by atoms with Crippen LogP contribution in [0.1, 0.15) is 11.6 Å². The highest BCUT2D eigenvalue weighted by Gasteiger charge is 2.25. The molecule has 0 saturated carbocycles. The Morgan fingerprint density at radius 2 is 1.94 bits per heavy atom. The van der Waals surface area contributed by atoms with Crippen LogP contribution in [0.15, 0.2) is 18.2 Å². The number of halogens is 3. The average molecular weight is 244 g/mol. The lowest BCUT2D eigenvalue weighted by Gasteiger charge is -2.33. The molecule has 0 amide bonds. The molecule has 1 aliphatic heterocycles. The summed E-state index contributed by atoms with van der Waals surface area (Å²) < 4.78 is 39.8. The molecule has 1 N–H and O–H groups in total. The lowest BCUT2D eigenvalue weighted by atomic mass is 10.0. The molecular formula is C12H15F3N2. The molecule has 1 atom stereocenters. The third-order valence-corrected chi connectivity index (χ3v) is 3.08. The molecule has 0 aromatic heterocycles. The number of hydrogen-bond donors (Lipinski definition) is 1. The highest BCUT2D eigenvalue weighted by molar-refractivity contribution is 5.23. The molecule has 2 rings (SSSR count). The second-order valence-electron chi connectivity index (χ2n) is 4.10. The van der Waals surface area contributed by atoms with E-state index in [1.807, 2.05) is 4.90 Å². The second-order valence-corrected chi connectivity index (χ2v) is 4.10. The van der Waals surface area contributed by atoms with Crippen molar-refractivity contribution < 1.29 is 13.2 Å². The molecular weight excluding hydrogens is 229 g/mol. The van der Waals surface area contributed by atoms with Crippen LogP contribution < -0.4 is 5.32 Å². The van der Waals surface area contributed by atoms with Gasteiger partial charge in [-0.2, -0.15) is 0 Å². The number of hydrogen-bond acceptors (Lipinski definition) is 2. The van der Waals surface area contributed by atoms with Gasteiger partial charge in [0.25, 0.3) is 0 Å². The SMILES string of the molecule is FC[C@H](c1cccc(F)c1F)N1CCNCC1. The van der Waals surface area contributed by atoms with Crippen LogP contribution in [-0.2, 0) is 0 Å². The molecule has 1 aromatic rings. The molecule has 1 heterocycles. The van der Waals surface area contributed by atoms with Gasteiger partial charge in [-0.1, -0.05) is 12.1 Å². The van der Waals surface area contributed by atoms with E-state index in [4.69, 9.17) is 0 Å². The average Bonchev–Trinajstić information content (AvgIpc) is 2.37. The van der Waals surface area contributed by atoms with Gasteiger partial charge in [0.05, 0.1) is 6.04 Å². The van der Waals surface area contributed by atoms with Gasteiger partial charge < -0.3 is 5.32 Å². The van der Waals surface area contributed by atoms with Crippen molar-refractivity contribution in [1.82, 2.24) is 10.2 Å². The van der Waals surface area contributed by atoms with Crippen LogP contribution in [0, 0.1) is 11.6 Å². The van der Waals surface area contributed by atoms with Crippen LogP contribution in [0.5, 0.6) is 0 Å². The highest BCUT2D eigenvalue weighted by Crippen LogP contribution is 2.25. The van der Waals surface area contributed by atoms with Crippen molar-refractivity contribution in [3.8, 4) is 0 Å². The zero-order valence-electron chi connectivity index (χ0n) is 9.43. The smallest absolute Gasteiger partial charge is 0.163 e. The van der Waals surface area contributed by atoms with E-state index in [0.717, 1.165) is 19.2 Å². The number of alkyl halides is 1. The van der Waals surface area contributed by atoms with E-state index in [1.165, 1.54) is 12.1 Å². The summed E-state index contributed by atoms with van der Waals surface area (Å²) in [6.07, 6.45) is 0. The maximum absolute atomic E-state index is 13.6. The predicted molar refractivity (Wildman–Crippen MR) is 59.5 cm³/mol. The molecule has 17 heavy (non-hydrogen) atoms. The van der Waals surface area contributed by atoms with Gasteiger partial charge in [-0.05, 0) is 6.07 Å². The van der Waals surface area contributed by atoms with Crippen molar-refractivity contribution >= 4 is 0 Å². The minimum absolute atomic E-state index is 0.106. The Labute approximate surface area is 98.4 Å². The lowest BCUT2D eigenvalue weighted by molar-refractivity contribution is 0.144. The van der Waals surface area contributed by atoms with E-state index in [2.05, 4.69) is 5.32 Å². The first-order valence-electron chi connectivity index (χ1n) is 5.68. The van der Waals surface area contributed by atoms with E-state index in [1.54, 1.807) is 0 Å². The fourth-order valence-corrected chi connectivity index (χ4v) is 2.15. The van der Waals surface area contributed by atoms with E-state index in [-0.39, 0.29) is 5.56 Å². The largest absolute Gasteiger partial charge is 0.314 e. The van der Waals surface area contributed by atoms with Gasteiger partial charge in [0.1, 0.15) is 6.67 Å².